The summed E-state index contributed by atoms with van der Waals surface area (Å²) in [4.78, 5) is 2.33. The van der Waals surface area contributed by atoms with Crippen molar-refractivity contribution in [1.29, 1.82) is 0 Å². The second kappa shape index (κ2) is 5.72. The zero-order valence-electron chi connectivity index (χ0n) is 11.5. The summed E-state index contributed by atoms with van der Waals surface area (Å²) in [5.74, 6) is 0.446. The van der Waals surface area contributed by atoms with Crippen molar-refractivity contribution in [2.24, 2.45) is 0 Å². The number of hydrogen-bond acceptors (Lipinski definition) is 3. The Balaban J connectivity index is 1.98. The number of rotatable bonds is 5. The third kappa shape index (κ3) is 2.85. The number of aromatic hydroxyl groups is 1. The summed E-state index contributed by atoms with van der Waals surface area (Å²) in [7, 11) is 2.13. The third-order valence-corrected chi connectivity index (χ3v) is 3.64. The Morgan fingerprint density at radius 2 is 2.22 bits per heavy atom. The smallest absolute Gasteiger partial charge is 0.119 e. The van der Waals surface area contributed by atoms with Gasteiger partial charge in [0.1, 0.15) is 5.75 Å². The fraction of sp³-hybridized carbons (Fsp3) is 0.600. The molecule has 1 aliphatic carbocycles. The maximum atomic E-state index is 9.84. The van der Waals surface area contributed by atoms with Gasteiger partial charge >= 0.3 is 0 Å². The van der Waals surface area contributed by atoms with Crippen LogP contribution in [0.15, 0.2) is 18.2 Å². The van der Waals surface area contributed by atoms with Gasteiger partial charge in [-0.15, -0.1) is 0 Å². The highest BCUT2D eigenvalue weighted by atomic mass is 16.5. The Morgan fingerprint density at radius 3 is 2.94 bits per heavy atom. The van der Waals surface area contributed by atoms with Gasteiger partial charge in [0.05, 0.1) is 12.7 Å². The molecule has 100 valence electrons. The van der Waals surface area contributed by atoms with E-state index in [0.29, 0.717) is 17.9 Å². The molecule has 18 heavy (non-hydrogen) atoms. The second-order valence-corrected chi connectivity index (χ2v) is 5.30. The van der Waals surface area contributed by atoms with Crippen molar-refractivity contribution in [3.05, 3.63) is 29.3 Å². The number of ether oxygens (including phenoxy) is 1. The van der Waals surface area contributed by atoms with Gasteiger partial charge in [-0.3, -0.25) is 4.90 Å². The minimum atomic E-state index is 0.290. The Kier molecular flexibility index (Phi) is 4.25. The molecule has 3 heteroatoms. The van der Waals surface area contributed by atoms with E-state index < -0.39 is 0 Å². The average Bonchev–Trinajstić information content (AvgIpc) is 2.73. The van der Waals surface area contributed by atoms with Gasteiger partial charge in [-0.1, -0.05) is 12.1 Å². The molecule has 0 saturated carbocycles. The summed E-state index contributed by atoms with van der Waals surface area (Å²) in [6.07, 6.45) is 2.35. The molecule has 0 saturated heterocycles. The molecular formula is C15H23NO2. The summed E-state index contributed by atoms with van der Waals surface area (Å²) in [6, 6.07) is 6.27. The van der Waals surface area contributed by atoms with E-state index in [4.69, 9.17) is 4.74 Å². The summed E-state index contributed by atoms with van der Waals surface area (Å²) in [5, 5.41) is 9.84. The average molecular weight is 249 g/mol. The highest BCUT2D eigenvalue weighted by molar-refractivity contribution is 5.44. The number of fused-ring (bicyclic) bond motifs is 1. The molecule has 0 fully saturated rings. The van der Waals surface area contributed by atoms with E-state index >= 15 is 0 Å². The van der Waals surface area contributed by atoms with E-state index in [0.717, 1.165) is 31.6 Å². The molecule has 0 bridgehead atoms. The largest absolute Gasteiger partial charge is 0.508 e. The van der Waals surface area contributed by atoms with Gasteiger partial charge in [-0.2, -0.15) is 0 Å². The summed E-state index contributed by atoms with van der Waals surface area (Å²) >= 11 is 0. The van der Waals surface area contributed by atoms with Crippen LogP contribution in [0.4, 0.5) is 0 Å². The normalized spacial score (nSPS) is 18.6. The lowest BCUT2D eigenvalue weighted by Crippen LogP contribution is -2.27. The van der Waals surface area contributed by atoms with Crippen LogP contribution in [0.1, 0.15) is 37.4 Å². The van der Waals surface area contributed by atoms with Crippen LogP contribution in [0.25, 0.3) is 0 Å². The lowest BCUT2D eigenvalue weighted by molar-refractivity contribution is 0.0558. The van der Waals surface area contributed by atoms with Gasteiger partial charge in [-0.05, 0) is 50.9 Å². The van der Waals surface area contributed by atoms with Crippen LogP contribution in [0, 0.1) is 0 Å². The predicted molar refractivity (Wildman–Crippen MR) is 72.9 cm³/mol. The van der Waals surface area contributed by atoms with Crippen LogP contribution in [0.3, 0.4) is 0 Å². The van der Waals surface area contributed by atoms with E-state index in [9.17, 15) is 5.11 Å². The van der Waals surface area contributed by atoms with E-state index in [-0.39, 0.29) is 0 Å². The second-order valence-electron chi connectivity index (χ2n) is 5.30. The van der Waals surface area contributed by atoms with Gasteiger partial charge in [0.15, 0.2) is 0 Å². The molecule has 0 heterocycles. The SMILES string of the molecule is CC(C)OCCN(C)C1CCc2c(O)cccc21. The Hall–Kier alpha value is -1.06. The lowest BCUT2D eigenvalue weighted by atomic mass is 10.1. The molecule has 0 spiro atoms. The topological polar surface area (TPSA) is 32.7 Å². The maximum absolute atomic E-state index is 9.84. The van der Waals surface area contributed by atoms with Crippen molar-refractivity contribution in [2.75, 3.05) is 20.2 Å². The Bertz CT molecular complexity index is 403. The molecule has 3 nitrogen and oxygen atoms in total. The molecule has 1 aromatic rings. The summed E-state index contributed by atoms with van der Waals surface area (Å²) in [5.41, 5.74) is 2.40. The molecule has 0 amide bonds. The number of hydrogen-bond donors (Lipinski definition) is 1. The van der Waals surface area contributed by atoms with E-state index in [1.165, 1.54) is 5.56 Å². The van der Waals surface area contributed by atoms with Gasteiger partial charge in [0.25, 0.3) is 0 Å². The number of likely N-dealkylation sites (N-methyl/N-ethyl adjacent to an activating group) is 1. The first-order valence-corrected chi connectivity index (χ1v) is 6.72. The van der Waals surface area contributed by atoms with Crippen molar-refractivity contribution in [3.8, 4) is 5.75 Å². The lowest BCUT2D eigenvalue weighted by Gasteiger charge is -2.25. The van der Waals surface area contributed by atoms with Gasteiger partial charge in [0, 0.05) is 12.6 Å². The van der Waals surface area contributed by atoms with Crippen LogP contribution in [0.2, 0.25) is 0 Å². The summed E-state index contributed by atoms with van der Waals surface area (Å²) < 4.78 is 5.59. The molecule has 1 aromatic carbocycles. The van der Waals surface area contributed by atoms with Gasteiger partial charge in [-0.25, -0.2) is 0 Å². The predicted octanol–water partition coefficient (Wildman–Crippen LogP) is 2.74. The van der Waals surface area contributed by atoms with Crippen molar-refractivity contribution < 1.29 is 9.84 Å². The highest BCUT2D eigenvalue weighted by Gasteiger charge is 2.27. The van der Waals surface area contributed by atoms with Crippen LogP contribution < -0.4 is 0 Å². The fourth-order valence-corrected chi connectivity index (χ4v) is 2.66. The first-order chi connectivity index (χ1) is 8.59. The van der Waals surface area contributed by atoms with Crippen LogP contribution >= 0.6 is 0 Å². The number of nitrogens with zero attached hydrogens (tertiary/aromatic N) is 1. The van der Waals surface area contributed by atoms with Crippen molar-refractivity contribution in [2.45, 2.75) is 38.8 Å². The minimum Gasteiger partial charge on any atom is -0.508 e. The number of phenolic OH excluding ortho intramolecular Hbond substituents is 1. The molecule has 2 rings (SSSR count). The first-order valence-electron chi connectivity index (χ1n) is 6.72. The number of phenols is 1. The zero-order valence-corrected chi connectivity index (χ0v) is 11.5. The van der Waals surface area contributed by atoms with Crippen LogP contribution in [-0.2, 0) is 11.2 Å². The number of benzene rings is 1. The Labute approximate surface area is 109 Å². The van der Waals surface area contributed by atoms with E-state index in [1.807, 2.05) is 6.07 Å². The van der Waals surface area contributed by atoms with Crippen molar-refractivity contribution in [1.82, 2.24) is 4.90 Å². The molecule has 0 aromatic heterocycles. The van der Waals surface area contributed by atoms with Gasteiger partial charge in [0.2, 0.25) is 0 Å². The van der Waals surface area contributed by atoms with Crippen molar-refractivity contribution >= 4 is 0 Å². The monoisotopic (exact) mass is 249 g/mol. The standard InChI is InChI=1S/C15H23NO2/c1-11(2)18-10-9-16(3)14-8-7-13-12(14)5-4-6-15(13)17/h4-6,11,14,17H,7-10H2,1-3H3. The highest BCUT2D eigenvalue weighted by Crippen LogP contribution is 2.38. The quantitative estimate of drug-likeness (QED) is 0.871. The first kappa shape index (κ1) is 13.4. The molecule has 1 unspecified atom stereocenters. The zero-order chi connectivity index (χ0) is 13.1. The Morgan fingerprint density at radius 1 is 1.44 bits per heavy atom. The maximum Gasteiger partial charge on any atom is 0.119 e. The molecule has 1 N–H and O–H groups in total. The summed E-state index contributed by atoms with van der Waals surface area (Å²) in [6.45, 7) is 5.81. The molecule has 0 aliphatic heterocycles. The van der Waals surface area contributed by atoms with Crippen LogP contribution in [0.5, 0.6) is 5.75 Å². The van der Waals surface area contributed by atoms with Crippen molar-refractivity contribution in [3.63, 3.8) is 0 Å². The van der Waals surface area contributed by atoms with Crippen LogP contribution in [-0.4, -0.2) is 36.3 Å². The van der Waals surface area contributed by atoms with Gasteiger partial charge < -0.3 is 9.84 Å². The molecule has 1 aliphatic rings. The van der Waals surface area contributed by atoms with E-state index in [2.05, 4.69) is 31.9 Å². The molecular weight excluding hydrogens is 226 g/mol. The fourth-order valence-electron chi connectivity index (χ4n) is 2.66. The minimum absolute atomic E-state index is 0.290. The molecule has 0 radical (unpaired) electrons. The van der Waals surface area contributed by atoms with E-state index in [1.54, 1.807) is 6.07 Å². The molecule has 1 atom stereocenters. The third-order valence-electron chi connectivity index (χ3n) is 3.64.